The van der Waals surface area contributed by atoms with E-state index in [1.54, 1.807) is 0 Å². The van der Waals surface area contributed by atoms with E-state index >= 15 is 0 Å². The molecule has 0 bridgehead atoms. The molecule has 3 heteroatoms. The van der Waals surface area contributed by atoms with Crippen LogP contribution >= 0.6 is 25.0 Å². The van der Waals surface area contributed by atoms with Gasteiger partial charge in [-0.3, -0.25) is 0 Å². The van der Waals surface area contributed by atoms with Crippen molar-refractivity contribution in [3.05, 3.63) is 28.7 Å². The van der Waals surface area contributed by atoms with Crippen LogP contribution < -0.4 is 5.46 Å². The van der Waals surface area contributed by atoms with E-state index in [1.165, 1.54) is 9.94 Å². The lowest BCUT2D eigenvalue weighted by atomic mass is 9.95. The average Bonchev–Trinajstić information content (AvgIpc) is 1.89. The van der Waals surface area contributed by atoms with Gasteiger partial charge in [-0.15, -0.1) is 0 Å². The summed E-state index contributed by atoms with van der Waals surface area (Å²) in [5, 5.41) is 0. The third kappa shape index (κ3) is 1.81. The van der Waals surface area contributed by atoms with Crippen molar-refractivity contribution in [2.45, 2.75) is 0 Å². The van der Waals surface area contributed by atoms with Crippen molar-refractivity contribution in [1.29, 1.82) is 0 Å². The third-order valence-corrected chi connectivity index (χ3v) is 2.39. The fourth-order valence-corrected chi connectivity index (χ4v) is 1.77. The molecule has 0 saturated heterocycles. The van der Waals surface area contributed by atoms with Gasteiger partial charge in [0, 0.05) is 4.47 Å². The largest absolute Gasteiger partial charge is 0.181 e. The predicted octanol–water partition coefficient (Wildman–Crippen LogP) is 1.30. The zero-order chi connectivity index (χ0) is 6.69. The van der Waals surface area contributed by atoms with E-state index in [9.17, 15) is 0 Å². The predicted molar refractivity (Wildman–Crippen MR) is 50.6 cm³/mol. The Hall–Kier alpha value is 0.195. The first kappa shape index (κ1) is 7.30. The SMILES string of the molecule is PBc1ccccc1Br. The molecule has 0 heterocycles. The van der Waals surface area contributed by atoms with Crippen LogP contribution in [0.2, 0.25) is 0 Å². The molecule has 0 radical (unpaired) electrons. The Balaban J connectivity index is 3.01. The van der Waals surface area contributed by atoms with Crippen molar-refractivity contribution in [3.63, 3.8) is 0 Å². The van der Waals surface area contributed by atoms with Gasteiger partial charge in [0.15, 0.2) is 7.00 Å². The number of benzene rings is 1. The topological polar surface area (TPSA) is 0 Å². The van der Waals surface area contributed by atoms with Gasteiger partial charge in [0.25, 0.3) is 0 Å². The molecule has 9 heavy (non-hydrogen) atoms. The first-order valence-corrected chi connectivity index (χ1v) is 4.39. The fourth-order valence-electron chi connectivity index (χ4n) is 0.664. The van der Waals surface area contributed by atoms with Crippen molar-refractivity contribution in [1.82, 2.24) is 0 Å². The molecule has 1 atom stereocenters. The Morgan fingerprint density at radius 2 is 2.00 bits per heavy atom. The molecule has 46 valence electrons. The highest BCUT2D eigenvalue weighted by molar-refractivity contribution is 9.10. The third-order valence-electron chi connectivity index (χ3n) is 1.18. The van der Waals surface area contributed by atoms with Crippen LogP contribution in [-0.2, 0) is 0 Å². The summed E-state index contributed by atoms with van der Waals surface area (Å²) < 4.78 is 1.19. The summed E-state index contributed by atoms with van der Waals surface area (Å²) in [4.78, 5) is 0. The van der Waals surface area contributed by atoms with E-state index in [2.05, 4.69) is 37.2 Å². The molecule has 0 saturated carbocycles. The molecule has 0 fully saturated rings. The van der Waals surface area contributed by atoms with E-state index in [-0.39, 0.29) is 0 Å². The molecule has 0 aliphatic heterocycles. The smallest absolute Gasteiger partial charge is 0.169 e. The maximum absolute atomic E-state index is 3.44. The monoisotopic (exact) mass is 200 g/mol. The van der Waals surface area contributed by atoms with Crippen molar-refractivity contribution in [2.24, 2.45) is 0 Å². The maximum atomic E-state index is 3.44. The molecule has 1 aromatic carbocycles. The van der Waals surface area contributed by atoms with Crippen molar-refractivity contribution < 1.29 is 0 Å². The van der Waals surface area contributed by atoms with Crippen molar-refractivity contribution in [3.8, 4) is 0 Å². The Kier molecular flexibility index (Phi) is 2.75. The van der Waals surface area contributed by atoms with Gasteiger partial charge >= 0.3 is 0 Å². The fraction of sp³-hybridized carbons (Fsp3) is 0. The van der Waals surface area contributed by atoms with E-state index in [0.29, 0.717) is 0 Å². The molecule has 0 amide bonds. The van der Waals surface area contributed by atoms with Gasteiger partial charge in [0.05, 0.1) is 0 Å². The summed E-state index contributed by atoms with van der Waals surface area (Å²) in [6, 6.07) is 8.23. The van der Waals surface area contributed by atoms with E-state index < -0.39 is 0 Å². The van der Waals surface area contributed by atoms with Crippen LogP contribution in [0.1, 0.15) is 0 Å². The second-order valence-electron chi connectivity index (χ2n) is 1.80. The lowest BCUT2D eigenvalue weighted by Gasteiger charge is -1.95. The summed E-state index contributed by atoms with van der Waals surface area (Å²) in [5.74, 6) is 0. The highest BCUT2D eigenvalue weighted by atomic mass is 79.9. The average molecular weight is 201 g/mol. The molecular formula is C6H7BBrP. The molecule has 0 N–H and O–H groups in total. The minimum Gasteiger partial charge on any atom is -0.169 e. The first-order chi connectivity index (χ1) is 4.34. The number of hydrogen-bond donors (Lipinski definition) is 0. The lowest BCUT2D eigenvalue weighted by Crippen LogP contribution is -2.08. The van der Waals surface area contributed by atoms with E-state index in [4.69, 9.17) is 0 Å². The van der Waals surface area contributed by atoms with Gasteiger partial charge in [-0.2, -0.15) is 9.12 Å². The summed E-state index contributed by atoms with van der Waals surface area (Å²) in [7, 11) is 2.70. The van der Waals surface area contributed by atoms with Gasteiger partial charge in [0.1, 0.15) is 0 Å². The minimum atomic E-state index is 1.02. The second-order valence-corrected chi connectivity index (χ2v) is 3.06. The van der Waals surface area contributed by atoms with Crippen LogP contribution in [0.3, 0.4) is 0 Å². The van der Waals surface area contributed by atoms with Gasteiger partial charge in [-0.25, -0.2) is 0 Å². The van der Waals surface area contributed by atoms with Gasteiger partial charge in [0.2, 0.25) is 0 Å². The van der Waals surface area contributed by atoms with Gasteiger partial charge in [-0.05, 0) is 6.07 Å². The molecule has 1 aromatic rings. The van der Waals surface area contributed by atoms with E-state index in [1.807, 2.05) is 12.1 Å². The Labute approximate surface area is 66.6 Å². The minimum absolute atomic E-state index is 1.02. The maximum Gasteiger partial charge on any atom is 0.181 e. The zero-order valence-electron chi connectivity index (χ0n) is 4.97. The summed E-state index contributed by atoms with van der Waals surface area (Å²) in [6.45, 7) is 1.02. The summed E-state index contributed by atoms with van der Waals surface area (Å²) in [5.41, 5.74) is 1.34. The molecule has 0 nitrogen and oxygen atoms in total. The second kappa shape index (κ2) is 3.38. The molecular weight excluding hydrogens is 194 g/mol. The highest BCUT2D eigenvalue weighted by Gasteiger charge is 1.93. The quantitative estimate of drug-likeness (QED) is 0.474. The zero-order valence-corrected chi connectivity index (χ0v) is 7.71. The van der Waals surface area contributed by atoms with Crippen LogP contribution in [0.15, 0.2) is 28.7 Å². The van der Waals surface area contributed by atoms with Crippen LogP contribution in [-0.4, -0.2) is 7.00 Å². The number of halogens is 1. The summed E-state index contributed by atoms with van der Waals surface area (Å²) in [6.07, 6.45) is 0. The van der Waals surface area contributed by atoms with Crippen LogP contribution in [0.4, 0.5) is 0 Å². The van der Waals surface area contributed by atoms with E-state index in [0.717, 1.165) is 7.00 Å². The lowest BCUT2D eigenvalue weighted by molar-refractivity contribution is 1.72. The van der Waals surface area contributed by atoms with Gasteiger partial charge < -0.3 is 0 Å². The van der Waals surface area contributed by atoms with Crippen LogP contribution in [0, 0.1) is 0 Å². The number of rotatable bonds is 1. The summed E-state index contributed by atoms with van der Waals surface area (Å²) >= 11 is 3.44. The Morgan fingerprint density at radius 3 is 2.44 bits per heavy atom. The molecule has 1 rings (SSSR count). The van der Waals surface area contributed by atoms with Gasteiger partial charge in [-0.1, -0.05) is 39.6 Å². The first-order valence-electron chi connectivity index (χ1n) is 2.78. The molecule has 1 unspecified atom stereocenters. The van der Waals surface area contributed by atoms with Crippen molar-refractivity contribution in [2.75, 3.05) is 0 Å². The molecule has 0 aromatic heterocycles. The number of hydrogen-bond acceptors (Lipinski definition) is 0. The Bertz CT molecular complexity index is 202. The van der Waals surface area contributed by atoms with Crippen LogP contribution in [0.25, 0.3) is 0 Å². The highest BCUT2D eigenvalue weighted by Crippen LogP contribution is 2.04. The van der Waals surface area contributed by atoms with Crippen LogP contribution in [0.5, 0.6) is 0 Å². The Morgan fingerprint density at radius 1 is 1.33 bits per heavy atom. The molecule has 0 aliphatic rings. The standard InChI is InChI=1S/C6H7BBrP/c8-6-4-2-1-3-5(6)7-9/h1-4,7H,9H2. The normalized spacial score (nSPS) is 9.11. The molecule has 0 spiro atoms. The molecule has 0 aliphatic carbocycles. The van der Waals surface area contributed by atoms with Crippen molar-refractivity contribution >= 4 is 37.5 Å².